The Morgan fingerprint density at radius 3 is 2.50 bits per heavy atom. The fraction of sp³-hybridized carbons (Fsp3) is 0. The summed E-state index contributed by atoms with van der Waals surface area (Å²) in [4.78, 5) is 6.89. The molecule has 1 aromatic heterocycles. The van der Waals surface area contributed by atoms with Gasteiger partial charge in [0.2, 0.25) is 0 Å². The molecular formula is C9H8N3. The molecule has 0 aliphatic rings. The van der Waals surface area contributed by atoms with E-state index in [1.807, 2.05) is 30.3 Å². The molecule has 1 aromatic carbocycles. The van der Waals surface area contributed by atoms with Crippen molar-refractivity contribution in [2.24, 2.45) is 0 Å². The molecule has 2 aromatic rings. The minimum absolute atomic E-state index is 0.342. The third-order valence-electron chi connectivity index (χ3n) is 1.62. The zero-order valence-electron chi connectivity index (χ0n) is 6.41. The van der Waals surface area contributed by atoms with Crippen molar-refractivity contribution in [3.05, 3.63) is 36.5 Å². The monoisotopic (exact) mass is 158 g/mol. The highest BCUT2D eigenvalue weighted by molar-refractivity contribution is 5.56. The summed E-state index contributed by atoms with van der Waals surface area (Å²) in [6.45, 7) is 0. The highest BCUT2D eigenvalue weighted by Gasteiger charge is 1.99. The Hall–Kier alpha value is -1.77. The Kier molecular flexibility index (Phi) is 1.55. The average Bonchev–Trinajstić information content (AvgIpc) is 2.54. The minimum Gasteiger partial charge on any atom is -0.324 e. The molecule has 0 fully saturated rings. The van der Waals surface area contributed by atoms with Gasteiger partial charge in [0.1, 0.15) is 11.6 Å². The number of benzene rings is 1. The lowest BCUT2D eigenvalue weighted by molar-refractivity contribution is 1.29. The molecule has 0 saturated carbocycles. The van der Waals surface area contributed by atoms with Crippen LogP contribution in [-0.2, 0) is 0 Å². The van der Waals surface area contributed by atoms with Crippen LogP contribution >= 0.6 is 0 Å². The first-order chi connectivity index (χ1) is 5.86. The van der Waals surface area contributed by atoms with Gasteiger partial charge in [-0.1, -0.05) is 30.3 Å². The fourth-order valence-electron chi connectivity index (χ4n) is 1.06. The summed E-state index contributed by atoms with van der Waals surface area (Å²) in [6.07, 6.45) is 1.50. The maximum absolute atomic E-state index is 7.25. The van der Waals surface area contributed by atoms with Crippen LogP contribution in [0.4, 0.5) is 5.82 Å². The quantitative estimate of drug-likeness (QED) is 0.677. The van der Waals surface area contributed by atoms with Gasteiger partial charge in [-0.05, 0) is 0 Å². The first-order valence-electron chi connectivity index (χ1n) is 3.68. The van der Waals surface area contributed by atoms with Gasteiger partial charge in [-0.2, -0.15) is 0 Å². The SMILES string of the molecule is [NH]c1cnc(-c2ccccc2)[nH]1. The maximum atomic E-state index is 7.25. The molecule has 0 aliphatic carbocycles. The first kappa shape index (κ1) is 6.91. The number of H-pyrrole nitrogens is 1. The number of nitrogens with zero attached hydrogens (tertiary/aromatic N) is 1. The number of aromatic amines is 1. The van der Waals surface area contributed by atoms with Gasteiger partial charge in [0.25, 0.3) is 0 Å². The zero-order valence-corrected chi connectivity index (χ0v) is 6.41. The van der Waals surface area contributed by atoms with Crippen LogP contribution < -0.4 is 5.73 Å². The van der Waals surface area contributed by atoms with Crippen LogP contribution in [-0.4, -0.2) is 9.97 Å². The molecule has 0 amide bonds. The van der Waals surface area contributed by atoms with E-state index in [2.05, 4.69) is 9.97 Å². The molecule has 0 saturated heterocycles. The fourth-order valence-corrected chi connectivity index (χ4v) is 1.06. The van der Waals surface area contributed by atoms with Crippen molar-refractivity contribution in [1.29, 1.82) is 0 Å². The zero-order chi connectivity index (χ0) is 8.39. The smallest absolute Gasteiger partial charge is 0.142 e. The standard InChI is InChI=1S/C9H8N3/c10-8-6-11-9(12-8)7-4-2-1-3-5-7/h1-6,10H,(H,11,12). The van der Waals surface area contributed by atoms with Crippen LogP contribution in [0.25, 0.3) is 11.4 Å². The van der Waals surface area contributed by atoms with E-state index in [0.717, 1.165) is 11.4 Å². The lowest BCUT2D eigenvalue weighted by Gasteiger charge is -1.93. The Bertz CT molecular complexity index is 364. The maximum Gasteiger partial charge on any atom is 0.142 e. The predicted molar refractivity (Wildman–Crippen MR) is 46.8 cm³/mol. The van der Waals surface area contributed by atoms with Crippen molar-refractivity contribution in [1.82, 2.24) is 15.7 Å². The van der Waals surface area contributed by atoms with Crippen LogP contribution in [0, 0.1) is 0 Å². The Balaban J connectivity index is 2.45. The van der Waals surface area contributed by atoms with Crippen molar-refractivity contribution in [3.63, 3.8) is 0 Å². The molecule has 0 spiro atoms. The van der Waals surface area contributed by atoms with Gasteiger partial charge < -0.3 is 4.98 Å². The largest absolute Gasteiger partial charge is 0.324 e. The molecule has 0 unspecified atom stereocenters. The molecule has 12 heavy (non-hydrogen) atoms. The molecule has 2 N–H and O–H groups in total. The molecule has 1 radical (unpaired) electrons. The average molecular weight is 158 g/mol. The lowest BCUT2D eigenvalue weighted by Crippen LogP contribution is -1.78. The van der Waals surface area contributed by atoms with Crippen molar-refractivity contribution < 1.29 is 0 Å². The summed E-state index contributed by atoms with van der Waals surface area (Å²) in [5.74, 6) is 1.09. The lowest BCUT2D eigenvalue weighted by atomic mass is 10.2. The van der Waals surface area contributed by atoms with Gasteiger partial charge in [0.15, 0.2) is 0 Å². The summed E-state index contributed by atoms with van der Waals surface area (Å²) in [7, 11) is 0. The third-order valence-corrected chi connectivity index (χ3v) is 1.62. The molecule has 0 atom stereocenters. The number of imidazole rings is 1. The highest BCUT2D eigenvalue weighted by Crippen LogP contribution is 2.15. The summed E-state index contributed by atoms with van der Waals surface area (Å²) in [5.41, 5.74) is 8.26. The van der Waals surface area contributed by atoms with Gasteiger partial charge in [-0.3, -0.25) is 5.73 Å². The number of aromatic nitrogens is 2. The molecule has 0 aliphatic heterocycles. The van der Waals surface area contributed by atoms with Gasteiger partial charge in [-0.15, -0.1) is 0 Å². The van der Waals surface area contributed by atoms with Crippen LogP contribution in [0.2, 0.25) is 0 Å². The topological polar surface area (TPSA) is 52.5 Å². The van der Waals surface area contributed by atoms with Gasteiger partial charge in [0, 0.05) is 5.56 Å². The Labute approximate surface area is 70.3 Å². The summed E-state index contributed by atoms with van der Waals surface area (Å²) >= 11 is 0. The normalized spacial score (nSPS) is 10.0. The molecule has 2 rings (SSSR count). The van der Waals surface area contributed by atoms with Crippen LogP contribution in [0.5, 0.6) is 0 Å². The van der Waals surface area contributed by atoms with E-state index in [1.165, 1.54) is 6.20 Å². The van der Waals surface area contributed by atoms with Gasteiger partial charge in [0.05, 0.1) is 6.20 Å². The molecular weight excluding hydrogens is 150 g/mol. The van der Waals surface area contributed by atoms with Crippen LogP contribution in [0.15, 0.2) is 36.5 Å². The van der Waals surface area contributed by atoms with E-state index in [0.29, 0.717) is 5.82 Å². The Morgan fingerprint density at radius 2 is 1.92 bits per heavy atom. The number of nitrogens with one attached hydrogen (secondary N) is 2. The van der Waals surface area contributed by atoms with E-state index in [9.17, 15) is 0 Å². The van der Waals surface area contributed by atoms with Gasteiger partial charge in [-0.25, -0.2) is 4.98 Å². The summed E-state index contributed by atoms with van der Waals surface area (Å²) in [6, 6.07) is 9.76. The second-order valence-corrected chi connectivity index (χ2v) is 2.51. The highest BCUT2D eigenvalue weighted by atomic mass is 15.0. The first-order valence-corrected chi connectivity index (χ1v) is 3.68. The van der Waals surface area contributed by atoms with E-state index < -0.39 is 0 Å². The molecule has 0 bridgehead atoms. The molecule has 1 heterocycles. The van der Waals surface area contributed by atoms with E-state index in [4.69, 9.17) is 5.73 Å². The van der Waals surface area contributed by atoms with Crippen LogP contribution in [0.1, 0.15) is 0 Å². The minimum atomic E-state index is 0.342. The van der Waals surface area contributed by atoms with Crippen LogP contribution in [0.3, 0.4) is 0 Å². The second kappa shape index (κ2) is 2.70. The predicted octanol–water partition coefficient (Wildman–Crippen LogP) is 1.99. The Morgan fingerprint density at radius 1 is 1.17 bits per heavy atom. The van der Waals surface area contributed by atoms with Crippen molar-refractivity contribution >= 4 is 5.82 Å². The molecule has 3 heteroatoms. The van der Waals surface area contributed by atoms with E-state index >= 15 is 0 Å². The summed E-state index contributed by atoms with van der Waals surface area (Å²) in [5, 5.41) is 0. The second-order valence-electron chi connectivity index (χ2n) is 2.51. The third kappa shape index (κ3) is 1.16. The number of hydrogen-bond donors (Lipinski definition) is 1. The molecule has 3 nitrogen and oxygen atoms in total. The molecule has 59 valence electrons. The number of rotatable bonds is 1. The number of hydrogen-bond acceptors (Lipinski definition) is 1. The van der Waals surface area contributed by atoms with E-state index in [1.54, 1.807) is 0 Å². The van der Waals surface area contributed by atoms with Gasteiger partial charge >= 0.3 is 0 Å². The van der Waals surface area contributed by atoms with Crippen molar-refractivity contribution in [3.8, 4) is 11.4 Å². The van der Waals surface area contributed by atoms with E-state index in [-0.39, 0.29) is 0 Å². The summed E-state index contributed by atoms with van der Waals surface area (Å²) < 4.78 is 0. The van der Waals surface area contributed by atoms with Crippen molar-refractivity contribution in [2.45, 2.75) is 0 Å². The van der Waals surface area contributed by atoms with Crippen molar-refractivity contribution in [2.75, 3.05) is 0 Å².